The molecule has 1 aromatic heterocycles. The van der Waals surface area contributed by atoms with Crippen LogP contribution in [-0.4, -0.2) is 28.1 Å². The lowest BCUT2D eigenvalue weighted by Gasteiger charge is -2.26. The summed E-state index contributed by atoms with van der Waals surface area (Å²) in [6.45, 7) is 1.46. The number of aromatic nitrogens is 1. The maximum Gasteiger partial charge on any atom is 0.416 e. The zero-order valence-electron chi connectivity index (χ0n) is 17.2. The van der Waals surface area contributed by atoms with E-state index in [0.717, 1.165) is 11.6 Å². The number of alkyl halides is 3. The Labute approximate surface area is 205 Å². The Kier molecular flexibility index (Phi) is 7.96. The molecule has 0 radical (unpaired) electrons. The fourth-order valence-electron chi connectivity index (χ4n) is 3.70. The van der Waals surface area contributed by atoms with E-state index in [1.165, 1.54) is 18.2 Å². The normalized spacial score (nSPS) is 15.0. The van der Waals surface area contributed by atoms with Crippen molar-refractivity contribution < 1.29 is 18.3 Å². The number of pyridine rings is 1. The van der Waals surface area contributed by atoms with Gasteiger partial charge in [-0.1, -0.05) is 53.6 Å². The largest absolute Gasteiger partial charge is 0.504 e. The number of aromatic hydroxyl groups is 1. The first-order valence-electron chi connectivity index (χ1n) is 9.94. The summed E-state index contributed by atoms with van der Waals surface area (Å²) in [5.74, 6) is -0.118. The molecule has 1 aliphatic heterocycles. The second kappa shape index (κ2) is 10.3. The number of hydrogen-bond donors (Lipinski definition) is 1. The van der Waals surface area contributed by atoms with Crippen molar-refractivity contribution in [3.63, 3.8) is 0 Å². The first-order chi connectivity index (χ1) is 15.2. The van der Waals surface area contributed by atoms with Gasteiger partial charge in [-0.15, -0.1) is 12.4 Å². The maximum absolute atomic E-state index is 13.2. The molecule has 2 heterocycles. The van der Waals surface area contributed by atoms with Gasteiger partial charge in [0.05, 0.1) is 21.3 Å². The van der Waals surface area contributed by atoms with Crippen LogP contribution in [0.3, 0.4) is 0 Å². The highest BCUT2D eigenvalue weighted by atomic mass is 35.5. The third-order valence-corrected chi connectivity index (χ3v) is 5.99. The van der Waals surface area contributed by atoms with Gasteiger partial charge in [0.1, 0.15) is 5.52 Å². The predicted molar refractivity (Wildman–Crippen MR) is 129 cm³/mol. The van der Waals surface area contributed by atoms with E-state index in [4.69, 9.17) is 23.2 Å². The summed E-state index contributed by atoms with van der Waals surface area (Å²) >= 11 is 12.1. The van der Waals surface area contributed by atoms with Gasteiger partial charge in [-0.25, -0.2) is 4.98 Å². The zero-order chi connectivity index (χ0) is 22.9. The number of allylic oxidation sites excluding steroid dienone is 1. The van der Waals surface area contributed by atoms with Crippen molar-refractivity contribution in [3.8, 4) is 5.75 Å². The Hall–Kier alpha value is -2.25. The van der Waals surface area contributed by atoms with Crippen LogP contribution in [0.25, 0.3) is 17.0 Å². The fraction of sp³-hybridized carbons (Fsp3) is 0.208. The second-order valence-corrected chi connectivity index (χ2v) is 8.39. The molecule has 174 valence electrons. The number of rotatable bonds is 4. The molecule has 0 bridgehead atoms. The van der Waals surface area contributed by atoms with Crippen LogP contribution < -0.4 is 0 Å². The lowest BCUT2D eigenvalue weighted by molar-refractivity contribution is -0.138. The van der Waals surface area contributed by atoms with Crippen molar-refractivity contribution in [2.45, 2.75) is 19.1 Å². The Morgan fingerprint density at radius 1 is 1.06 bits per heavy atom. The van der Waals surface area contributed by atoms with Crippen molar-refractivity contribution in [2.24, 2.45) is 0 Å². The Balaban J connectivity index is 0.00000306. The molecule has 33 heavy (non-hydrogen) atoms. The SMILES string of the molecule is Cl.Oc1c(Cl)cc(Cl)c2ccc(/C=C/C3=CCN(Cc4ccccc4C(F)(F)F)CC3)nc12. The molecule has 0 saturated carbocycles. The molecule has 1 aliphatic rings. The summed E-state index contributed by atoms with van der Waals surface area (Å²) in [7, 11) is 0. The van der Waals surface area contributed by atoms with E-state index in [1.807, 2.05) is 23.1 Å². The van der Waals surface area contributed by atoms with Gasteiger partial charge in [0.2, 0.25) is 0 Å². The van der Waals surface area contributed by atoms with E-state index >= 15 is 0 Å². The van der Waals surface area contributed by atoms with Crippen LogP contribution in [0.1, 0.15) is 23.2 Å². The first-order valence-corrected chi connectivity index (χ1v) is 10.7. The van der Waals surface area contributed by atoms with Crippen molar-refractivity contribution in [1.82, 2.24) is 9.88 Å². The van der Waals surface area contributed by atoms with Crippen molar-refractivity contribution >= 4 is 52.6 Å². The molecule has 1 N–H and O–H groups in total. The summed E-state index contributed by atoms with van der Waals surface area (Å²) < 4.78 is 39.7. The van der Waals surface area contributed by atoms with Gasteiger partial charge in [-0.3, -0.25) is 4.90 Å². The van der Waals surface area contributed by atoms with Gasteiger partial charge in [-0.2, -0.15) is 13.2 Å². The standard InChI is InChI=1S/C24H19Cl2F3N2O.ClH/c25-20-13-21(26)23(32)22-18(20)8-7-17(30-22)6-5-15-9-11-31(12-10-15)14-16-3-1-2-4-19(16)24(27,28)29;/h1-9,13,32H,10-12,14H2;1H/b6-5+;. The number of fused-ring (bicyclic) bond motifs is 1. The average molecular weight is 516 g/mol. The third-order valence-electron chi connectivity index (χ3n) is 5.39. The molecule has 0 saturated heterocycles. The van der Waals surface area contributed by atoms with Crippen molar-refractivity contribution in [2.75, 3.05) is 13.1 Å². The van der Waals surface area contributed by atoms with E-state index in [1.54, 1.807) is 18.2 Å². The fourth-order valence-corrected chi connectivity index (χ4v) is 4.22. The summed E-state index contributed by atoms with van der Waals surface area (Å²) in [6.07, 6.45) is 2.11. The van der Waals surface area contributed by atoms with Crippen LogP contribution in [0.4, 0.5) is 13.2 Å². The van der Waals surface area contributed by atoms with Crippen LogP contribution in [0.2, 0.25) is 10.0 Å². The number of nitrogens with zero attached hydrogens (tertiary/aromatic N) is 2. The van der Waals surface area contributed by atoms with Gasteiger partial charge in [-0.05, 0) is 47.9 Å². The van der Waals surface area contributed by atoms with E-state index in [9.17, 15) is 18.3 Å². The first kappa shape index (κ1) is 25.4. The Morgan fingerprint density at radius 2 is 1.82 bits per heavy atom. The number of benzene rings is 2. The van der Waals surface area contributed by atoms with Crippen molar-refractivity contribution in [1.29, 1.82) is 0 Å². The highest BCUT2D eigenvalue weighted by Crippen LogP contribution is 2.36. The molecule has 0 amide bonds. The zero-order valence-corrected chi connectivity index (χ0v) is 19.6. The van der Waals surface area contributed by atoms with Crippen LogP contribution in [0.15, 0.2) is 60.2 Å². The number of hydrogen-bond acceptors (Lipinski definition) is 3. The van der Waals surface area contributed by atoms with Crippen molar-refractivity contribution in [3.05, 3.63) is 87.1 Å². The summed E-state index contributed by atoms with van der Waals surface area (Å²) in [5, 5.41) is 11.3. The third kappa shape index (κ3) is 5.82. The van der Waals surface area contributed by atoms with E-state index in [-0.39, 0.29) is 35.3 Å². The van der Waals surface area contributed by atoms with Crippen LogP contribution >= 0.6 is 35.6 Å². The Bertz CT molecular complexity index is 1230. The molecule has 0 fully saturated rings. The summed E-state index contributed by atoms with van der Waals surface area (Å²) in [5.41, 5.74) is 1.73. The molecule has 4 rings (SSSR count). The van der Waals surface area contributed by atoms with Gasteiger partial charge < -0.3 is 5.11 Å². The molecule has 0 spiro atoms. The highest BCUT2D eigenvalue weighted by molar-refractivity contribution is 6.39. The predicted octanol–water partition coefficient (Wildman–Crippen LogP) is 7.53. The van der Waals surface area contributed by atoms with Crippen LogP contribution in [-0.2, 0) is 12.7 Å². The molecule has 0 aliphatic carbocycles. The van der Waals surface area contributed by atoms with Crippen LogP contribution in [0.5, 0.6) is 5.75 Å². The highest BCUT2D eigenvalue weighted by Gasteiger charge is 2.33. The minimum absolute atomic E-state index is 0. The minimum atomic E-state index is -4.36. The molecule has 0 atom stereocenters. The Morgan fingerprint density at radius 3 is 2.52 bits per heavy atom. The monoisotopic (exact) mass is 514 g/mol. The second-order valence-electron chi connectivity index (χ2n) is 7.57. The lowest BCUT2D eigenvalue weighted by Crippen LogP contribution is -2.29. The van der Waals surface area contributed by atoms with Gasteiger partial charge in [0, 0.05) is 25.0 Å². The molecular formula is C24H20Cl3F3N2O. The maximum atomic E-state index is 13.2. The topological polar surface area (TPSA) is 36.4 Å². The molecule has 9 heteroatoms. The minimum Gasteiger partial charge on any atom is -0.504 e. The summed E-state index contributed by atoms with van der Waals surface area (Å²) in [6, 6.07) is 10.7. The number of phenolic OH excluding ortho intramolecular Hbond substituents is 1. The molecular weight excluding hydrogens is 496 g/mol. The number of phenols is 1. The quantitative estimate of drug-likeness (QED) is 0.390. The van der Waals surface area contributed by atoms with E-state index in [2.05, 4.69) is 4.98 Å². The van der Waals surface area contributed by atoms with E-state index < -0.39 is 11.7 Å². The van der Waals surface area contributed by atoms with Gasteiger partial charge >= 0.3 is 6.18 Å². The molecule has 3 aromatic rings. The van der Waals surface area contributed by atoms with Gasteiger partial charge in [0.15, 0.2) is 5.75 Å². The summed E-state index contributed by atoms with van der Waals surface area (Å²) in [4.78, 5) is 6.42. The average Bonchev–Trinajstić information content (AvgIpc) is 2.76. The lowest BCUT2D eigenvalue weighted by atomic mass is 10.0. The van der Waals surface area contributed by atoms with Gasteiger partial charge in [0.25, 0.3) is 0 Å². The van der Waals surface area contributed by atoms with Crippen LogP contribution in [0, 0.1) is 0 Å². The molecule has 3 nitrogen and oxygen atoms in total. The molecule has 0 unspecified atom stereocenters. The molecule has 2 aromatic carbocycles. The number of halogens is 6. The smallest absolute Gasteiger partial charge is 0.416 e. The van der Waals surface area contributed by atoms with E-state index in [0.29, 0.717) is 41.1 Å².